The fraction of sp³-hybridized carbons (Fsp3) is 1.00. The number of hydrogen-bond donors (Lipinski definition) is 1. The van der Waals surface area contributed by atoms with Gasteiger partial charge in [0.25, 0.3) is 10.1 Å². The van der Waals surface area contributed by atoms with Crippen molar-refractivity contribution in [1.82, 2.24) is 0 Å². The van der Waals surface area contributed by atoms with Crippen LogP contribution in [-0.4, -0.2) is 29.7 Å². The second kappa shape index (κ2) is 6.98. The van der Waals surface area contributed by atoms with E-state index in [0.29, 0.717) is 6.42 Å². The largest absolute Gasteiger partial charge is 0.285 e. The predicted molar refractivity (Wildman–Crippen MR) is 60.8 cm³/mol. The molecule has 0 aliphatic carbocycles. The van der Waals surface area contributed by atoms with Gasteiger partial charge in [0.2, 0.25) is 0 Å². The second-order valence-corrected chi connectivity index (χ2v) is 7.27. The van der Waals surface area contributed by atoms with Crippen molar-refractivity contribution >= 4 is 31.7 Å². The van der Waals surface area contributed by atoms with E-state index in [1.807, 2.05) is 21.6 Å². The van der Waals surface area contributed by atoms with E-state index in [1.54, 1.807) is 6.92 Å². The highest BCUT2D eigenvalue weighted by atomic mass is 33.1. The SMILES string of the molecule is C1CSSC1.CCC(C)S(=O)(=O)O. The molecular formula is C7H16O3S3. The summed E-state index contributed by atoms with van der Waals surface area (Å²) < 4.78 is 28.5. The standard InChI is InChI=1S/C4H10O3S.C3H6S2/c1-3-4(2)8(5,6)7;1-2-4-5-3-1/h4H,3H2,1-2H3,(H,5,6,7);1-3H2. The normalized spacial score (nSPS) is 19.0. The highest BCUT2D eigenvalue weighted by Gasteiger charge is 2.13. The van der Waals surface area contributed by atoms with Gasteiger partial charge in [-0.3, -0.25) is 4.55 Å². The Morgan fingerprint density at radius 2 is 1.85 bits per heavy atom. The van der Waals surface area contributed by atoms with Crippen molar-refractivity contribution in [3.63, 3.8) is 0 Å². The Bertz CT molecular complexity index is 201. The third kappa shape index (κ3) is 7.66. The summed E-state index contributed by atoms with van der Waals surface area (Å²) >= 11 is 0. The molecule has 0 spiro atoms. The molecule has 1 unspecified atom stereocenters. The van der Waals surface area contributed by atoms with Gasteiger partial charge in [0, 0.05) is 11.5 Å². The van der Waals surface area contributed by atoms with E-state index < -0.39 is 15.4 Å². The molecule has 1 N–H and O–H groups in total. The maximum Gasteiger partial charge on any atom is 0.267 e. The van der Waals surface area contributed by atoms with Gasteiger partial charge < -0.3 is 0 Å². The van der Waals surface area contributed by atoms with Crippen molar-refractivity contribution in [2.45, 2.75) is 31.9 Å². The lowest BCUT2D eigenvalue weighted by atomic mass is 10.4. The summed E-state index contributed by atoms with van der Waals surface area (Å²) in [6.45, 7) is 3.17. The first kappa shape index (κ1) is 13.6. The maximum absolute atomic E-state index is 10.1. The lowest BCUT2D eigenvalue weighted by Crippen LogP contribution is -2.14. The molecule has 1 rings (SSSR count). The first-order valence-electron chi connectivity index (χ1n) is 4.19. The van der Waals surface area contributed by atoms with Crippen molar-refractivity contribution in [3.8, 4) is 0 Å². The zero-order valence-corrected chi connectivity index (χ0v) is 10.3. The van der Waals surface area contributed by atoms with Crippen LogP contribution in [0.5, 0.6) is 0 Å². The van der Waals surface area contributed by atoms with Crippen molar-refractivity contribution in [2.24, 2.45) is 0 Å². The van der Waals surface area contributed by atoms with E-state index in [4.69, 9.17) is 4.55 Å². The minimum absolute atomic E-state index is 0.457. The summed E-state index contributed by atoms with van der Waals surface area (Å²) in [7, 11) is 0.229. The molecule has 1 heterocycles. The second-order valence-electron chi connectivity index (χ2n) is 2.73. The lowest BCUT2D eigenvalue weighted by Gasteiger charge is -2.00. The molecule has 0 aromatic carbocycles. The molecule has 0 amide bonds. The molecule has 0 radical (unpaired) electrons. The van der Waals surface area contributed by atoms with E-state index >= 15 is 0 Å². The molecular weight excluding hydrogens is 228 g/mol. The van der Waals surface area contributed by atoms with Crippen molar-refractivity contribution in [1.29, 1.82) is 0 Å². The van der Waals surface area contributed by atoms with Crippen LogP contribution in [0.4, 0.5) is 0 Å². The van der Waals surface area contributed by atoms with E-state index in [2.05, 4.69) is 0 Å². The molecule has 13 heavy (non-hydrogen) atoms. The highest BCUT2D eigenvalue weighted by Crippen LogP contribution is 2.29. The third-order valence-electron chi connectivity index (χ3n) is 1.62. The van der Waals surface area contributed by atoms with Crippen LogP contribution in [0.1, 0.15) is 26.7 Å². The fourth-order valence-corrected chi connectivity index (χ4v) is 3.28. The molecule has 3 nitrogen and oxygen atoms in total. The average molecular weight is 244 g/mol. The van der Waals surface area contributed by atoms with Gasteiger partial charge in [-0.2, -0.15) is 8.42 Å². The van der Waals surface area contributed by atoms with Gasteiger partial charge in [-0.1, -0.05) is 28.5 Å². The van der Waals surface area contributed by atoms with Crippen molar-refractivity contribution in [3.05, 3.63) is 0 Å². The molecule has 0 aromatic rings. The molecule has 80 valence electrons. The summed E-state index contributed by atoms with van der Waals surface area (Å²) in [4.78, 5) is 0. The van der Waals surface area contributed by atoms with Gasteiger partial charge in [0.05, 0.1) is 5.25 Å². The van der Waals surface area contributed by atoms with Gasteiger partial charge in [0.15, 0.2) is 0 Å². The Morgan fingerprint density at radius 3 is 1.92 bits per heavy atom. The first-order chi connectivity index (χ1) is 5.98. The fourth-order valence-electron chi connectivity index (χ4n) is 0.505. The molecule has 1 aliphatic heterocycles. The summed E-state index contributed by atoms with van der Waals surface area (Å²) in [5, 5.41) is -0.623. The van der Waals surface area contributed by atoms with Gasteiger partial charge in [-0.25, -0.2) is 0 Å². The van der Waals surface area contributed by atoms with Crippen molar-refractivity contribution in [2.75, 3.05) is 11.5 Å². The Balaban J connectivity index is 0.000000243. The van der Waals surface area contributed by atoms with Crippen LogP contribution >= 0.6 is 21.6 Å². The minimum atomic E-state index is -3.75. The summed E-state index contributed by atoms with van der Waals surface area (Å²) in [6.07, 6.45) is 1.88. The summed E-state index contributed by atoms with van der Waals surface area (Å²) in [5.74, 6) is 2.76. The quantitative estimate of drug-likeness (QED) is 0.597. The van der Waals surface area contributed by atoms with Crippen LogP contribution in [0.15, 0.2) is 0 Å². The van der Waals surface area contributed by atoms with E-state index in [0.717, 1.165) is 0 Å². The van der Waals surface area contributed by atoms with Crippen LogP contribution in [0.25, 0.3) is 0 Å². The average Bonchev–Trinajstić information content (AvgIpc) is 2.58. The topological polar surface area (TPSA) is 54.4 Å². The molecule has 6 heteroatoms. The Hall–Kier alpha value is 0.610. The first-order valence-corrected chi connectivity index (χ1v) is 8.18. The van der Waals surface area contributed by atoms with Crippen LogP contribution in [-0.2, 0) is 10.1 Å². The Kier molecular flexibility index (Phi) is 7.30. The van der Waals surface area contributed by atoms with Gasteiger partial charge in [-0.05, 0) is 19.8 Å². The van der Waals surface area contributed by atoms with Gasteiger partial charge in [0.1, 0.15) is 0 Å². The minimum Gasteiger partial charge on any atom is -0.285 e. The predicted octanol–water partition coefficient (Wildman–Crippen LogP) is 2.44. The molecule has 0 bridgehead atoms. The zero-order valence-electron chi connectivity index (χ0n) is 7.89. The lowest BCUT2D eigenvalue weighted by molar-refractivity contribution is 0.468. The summed E-state index contributed by atoms with van der Waals surface area (Å²) in [6, 6.07) is 0. The van der Waals surface area contributed by atoms with E-state index in [-0.39, 0.29) is 0 Å². The molecule has 0 aromatic heterocycles. The maximum atomic E-state index is 10.1. The molecule has 1 fully saturated rings. The molecule has 1 aliphatic rings. The Morgan fingerprint density at radius 1 is 1.38 bits per heavy atom. The van der Waals surface area contributed by atoms with E-state index in [9.17, 15) is 8.42 Å². The molecule has 0 saturated carbocycles. The monoisotopic (exact) mass is 244 g/mol. The Labute approximate surface area is 88.2 Å². The van der Waals surface area contributed by atoms with Crippen LogP contribution in [0.3, 0.4) is 0 Å². The van der Waals surface area contributed by atoms with Crippen LogP contribution < -0.4 is 0 Å². The smallest absolute Gasteiger partial charge is 0.267 e. The number of rotatable bonds is 2. The highest BCUT2D eigenvalue weighted by molar-refractivity contribution is 8.77. The third-order valence-corrected chi connectivity index (χ3v) is 5.55. The molecule has 1 saturated heterocycles. The molecule has 1 atom stereocenters. The van der Waals surface area contributed by atoms with Gasteiger partial charge >= 0.3 is 0 Å². The number of hydrogen-bond acceptors (Lipinski definition) is 4. The van der Waals surface area contributed by atoms with E-state index in [1.165, 1.54) is 24.9 Å². The van der Waals surface area contributed by atoms with Crippen LogP contribution in [0.2, 0.25) is 0 Å². The van der Waals surface area contributed by atoms with Crippen LogP contribution in [0, 0.1) is 0 Å². The van der Waals surface area contributed by atoms with Crippen molar-refractivity contribution < 1.29 is 13.0 Å². The van der Waals surface area contributed by atoms with Gasteiger partial charge in [-0.15, -0.1) is 0 Å². The zero-order chi connectivity index (χ0) is 10.3. The summed E-state index contributed by atoms with van der Waals surface area (Å²) in [5.41, 5.74) is 0.